The van der Waals surface area contributed by atoms with Gasteiger partial charge in [-0.3, -0.25) is 0 Å². The van der Waals surface area contributed by atoms with Crippen LogP contribution < -0.4 is 4.74 Å². The Labute approximate surface area is 141 Å². The van der Waals surface area contributed by atoms with E-state index in [0.717, 1.165) is 12.1 Å². The van der Waals surface area contributed by atoms with E-state index in [2.05, 4.69) is 0 Å². The summed E-state index contributed by atoms with van der Waals surface area (Å²) in [6, 6.07) is 9.42. The van der Waals surface area contributed by atoms with Gasteiger partial charge in [-0.15, -0.1) is 0 Å². The van der Waals surface area contributed by atoms with Gasteiger partial charge in [-0.2, -0.15) is 13.2 Å². The van der Waals surface area contributed by atoms with Crippen LogP contribution in [-0.4, -0.2) is 15.0 Å². The Hall–Kier alpha value is -1.73. The van der Waals surface area contributed by atoms with Gasteiger partial charge in [0.25, 0.3) is 9.05 Å². The van der Waals surface area contributed by atoms with Gasteiger partial charge in [0.15, 0.2) is 0 Å². The van der Waals surface area contributed by atoms with E-state index in [0.29, 0.717) is 23.3 Å². The van der Waals surface area contributed by atoms with Gasteiger partial charge < -0.3 is 4.74 Å². The Morgan fingerprint density at radius 3 is 2.54 bits per heavy atom. The number of ether oxygens (including phenoxy) is 1. The van der Waals surface area contributed by atoms with Gasteiger partial charge in [-0.25, -0.2) is 8.42 Å². The second-order valence-corrected chi connectivity index (χ2v) is 8.11. The number of hydrogen-bond acceptors (Lipinski definition) is 3. The largest absolute Gasteiger partial charge is 0.493 e. The first kappa shape index (κ1) is 17.1. The Kier molecular flexibility index (Phi) is 4.25. The van der Waals surface area contributed by atoms with Crippen molar-refractivity contribution in [3.63, 3.8) is 0 Å². The monoisotopic (exact) mass is 376 g/mol. The van der Waals surface area contributed by atoms with Crippen molar-refractivity contribution in [2.24, 2.45) is 0 Å². The summed E-state index contributed by atoms with van der Waals surface area (Å²) in [5, 5.41) is 0. The molecular formula is C16H12ClF3O3S. The molecular weight excluding hydrogens is 365 g/mol. The average molecular weight is 377 g/mol. The SMILES string of the molecule is O=S(=O)(Cl)c1cccc(C2COc3ccc(C(F)(F)F)cc3C2)c1. The number of halogens is 4. The molecule has 0 saturated carbocycles. The van der Waals surface area contributed by atoms with Gasteiger partial charge in [0.05, 0.1) is 17.1 Å². The number of hydrogen-bond donors (Lipinski definition) is 0. The minimum absolute atomic E-state index is 0.0449. The molecule has 0 bridgehead atoms. The van der Waals surface area contributed by atoms with Gasteiger partial charge in [0.2, 0.25) is 0 Å². The third kappa shape index (κ3) is 3.52. The molecule has 0 spiro atoms. The Morgan fingerprint density at radius 1 is 1.12 bits per heavy atom. The fourth-order valence-electron chi connectivity index (χ4n) is 2.71. The van der Waals surface area contributed by atoms with E-state index in [-0.39, 0.29) is 17.4 Å². The van der Waals surface area contributed by atoms with E-state index in [4.69, 9.17) is 15.4 Å². The minimum atomic E-state index is -4.42. The fraction of sp³-hybridized carbons (Fsp3) is 0.250. The van der Waals surface area contributed by atoms with Crippen LogP contribution in [0.1, 0.15) is 22.6 Å². The minimum Gasteiger partial charge on any atom is -0.493 e. The van der Waals surface area contributed by atoms with Gasteiger partial charge in [-0.1, -0.05) is 12.1 Å². The summed E-state index contributed by atoms with van der Waals surface area (Å²) in [4.78, 5) is -0.0449. The van der Waals surface area contributed by atoms with Crippen LogP contribution >= 0.6 is 10.7 Å². The van der Waals surface area contributed by atoms with E-state index in [9.17, 15) is 21.6 Å². The van der Waals surface area contributed by atoms with Crippen LogP contribution in [-0.2, 0) is 21.6 Å². The van der Waals surface area contributed by atoms with E-state index in [1.165, 1.54) is 18.2 Å². The molecule has 2 aromatic rings. The first-order valence-corrected chi connectivity index (χ1v) is 9.33. The second-order valence-electron chi connectivity index (χ2n) is 5.54. The average Bonchev–Trinajstić information content (AvgIpc) is 2.52. The molecule has 128 valence electrons. The van der Waals surface area contributed by atoms with Crippen LogP contribution in [0.3, 0.4) is 0 Å². The molecule has 1 unspecified atom stereocenters. The topological polar surface area (TPSA) is 43.4 Å². The summed E-state index contributed by atoms with van der Waals surface area (Å²) < 4.78 is 66.9. The molecule has 0 aliphatic carbocycles. The first-order chi connectivity index (χ1) is 11.1. The van der Waals surface area contributed by atoms with Gasteiger partial charge in [0.1, 0.15) is 5.75 Å². The zero-order valence-electron chi connectivity index (χ0n) is 12.2. The maximum atomic E-state index is 12.8. The third-order valence-corrected chi connectivity index (χ3v) is 5.26. The lowest BCUT2D eigenvalue weighted by Crippen LogP contribution is -2.20. The zero-order valence-corrected chi connectivity index (χ0v) is 13.8. The maximum absolute atomic E-state index is 12.8. The Balaban J connectivity index is 1.92. The van der Waals surface area contributed by atoms with Crippen molar-refractivity contribution < 1.29 is 26.3 Å². The summed E-state index contributed by atoms with van der Waals surface area (Å²) in [5.74, 6) is 0.166. The maximum Gasteiger partial charge on any atom is 0.416 e. The highest BCUT2D eigenvalue weighted by Gasteiger charge is 2.32. The molecule has 1 heterocycles. The van der Waals surface area contributed by atoms with Crippen molar-refractivity contribution in [3.05, 3.63) is 59.2 Å². The van der Waals surface area contributed by atoms with Crippen LogP contribution in [0, 0.1) is 0 Å². The first-order valence-electron chi connectivity index (χ1n) is 7.02. The molecule has 0 N–H and O–H groups in total. The second kappa shape index (κ2) is 5.97. The number of rotatable bonds is 2. The van der Waals surface area contributed by atoms with E-state index < -0.39 is 20.8 Å². The standard InChI is InChI=1S/C16H12ClF3O3S/c17-24(21,22)14-3-1-2-10(8-14)12-6-11-7-13(16(18,19)20)4-5-15(11)23-9-12/h1-5,7-8,12H,6,9H2. The molecule has 0 radical (unpaired) electrons. The highest BCUT2D eigenvalue weighted by atomic mass is 35.7. The van der Waals surface area contributed by atoms with Crippen LogP contribution in [0.5, 0.6) is 5.75 Å². The quantitative estimate of drug-likeness (QED) is 0.732. The summed E-state index contributed by atoms with van der Waals surface area (Å²) in [5.41, 5.74) is 0.364. The summed E-state index contributed by atoms with van der Waals surface area (Å²) in [6.45, 7) is 0.254. The molecule has 1 aliphatic rings. The molecule has 1 atom stereocenters. The summed E-state index contributed by atoms with van der Waals surface area (Å²) >= 11 is 0. The molecule has 3 nitrogen and oxygen atoms in total. The van der Waals surface area contributed by atoms with Crippen molar-refractivity contribution in [1.82, 2.24) is 0 Å². The predicted molar refractivity (Wildman–Crippen MR) is 82.9 cm³/mol. The highest BCUT2D eigenvalue weighted by Crippen LogP contribution is 2.37. The van der Waals surface area contributed by atoms with E-state index >= 15 is 0 Å². The van der Waals surface area contributed by atoms with Gasteiger partial charge in [0, 0.05) is 16.6 Å². The molecule has 0 fully saturated rings. The lowest BCUT2D eigenvalue weighted by molar-refractivity contribution is -0.137. The zero-order chi connectivity index (χ0) is 17.5. The lowest BCUT2D eigenvalue weighted by Gasteiger charge is -2.26. The highest BCUT2D eigenvalue weighted by molar-refractivity contribution is 8.13. The molecule has 24 heavy (non-hydrogen) atoms. The van der Waals surface area contributed by atoms with Gasteiger partial charge in [-0.05, 0) is 47.9 Å². The molecule has 0 amide bonds. The van der Waals surface area contributed by atoms with Crippen LogP contribution in [0.2, 0.25) is 0 Å². The molecule has 1 aliphatic heterocycles. The molecule has 2 aromatic carbocycles. The molecule has 0 aromatic heterocycles. The fourth-order valence-corrected chi connectivity index (χ4v) is 3.51. The van der Waals surface area contributed by atoms with Gasteiger partial charge >= 0.3 is 6.18 Å². The molecule has 3 rings (SSSR count). The van der Waals surface area contributed by atoms with Crippen molar-refractivity contribution in [2.75, 3.05) is 6.61 Å². The lowest BCUT2D eigenvalue weighted by atomic mass is 9.89. The number of fused-ring (bicyclic) bond motifs is 1. The van der Waals surface area contributed by atoms with Crippen molar-refractivity contribution in [1.29, 1.82) is 0 Å². The summed E-state index contributed by atoms with van der Waals surface area (Å²) in [7, 11) is 1.47. The van der Waals surface area contributed by atoms with Crippen molar-refractivity contribution >= 4 is 19.7 Å². The smallest absolute Gasteiger partial charge is 0.416 e. The van der Waals surface area contributed by atoms with E-state index in [1.807, 2.05) is 0 Å². The summed E-state index contributed by atoms with van der Waals surface area (Å²) in [6.07, 6.45) is -4.10. The Bertz CT molecular complexity index is 878. The van der Waals surface area contributed by atoms with E-state index in [1.54, 1.807) is 12.1 Å². The van der Waals surface area contributed by atoms with Crippen LogP contribution in [0.4, 0.5) is 13.2 Å². The predicted octanol–water partition coefficient (Wildman–Crippen LogP) is 4.35. The van der Waals surface area contributed by atoms with Crippen molar-refractivity contribution in [2.45, 2.75) is 23.4 Å². The van der Waals surface area contributed by atoms with Crippen molar-refractivity contribution in [3.8, 4) is 5.75 Å². The van der Waals surface area contributed by atoms with Crippen LogP contribution in [0.25, 0.3) is 0 Å². The Morgan fingerprint density at radius 2 is 1.88 bits per heavy atom. The normalized spacial score (nSPS) is 17.9. The molecule has 0 saturated heterocycles. The number of alkyl halides is 3. The third-order valence-electron chi connectivity index (χ3n) is 3.91. The molecule has 8 heteroatoms. The van der Waals surface area contributed by atoms with Crippen LogP contribution in [0.15, 0.2) is 47.4 Å². The number of benzene rings is 2.